The molecule has 162 valence electrons. The van der Waals surface area contributed by atoms with Crippen molar-refractivity contribution in [2.24, 2.45) is 10.9 Å². The van der Waals surface area contributed by atoms with Crippen molar-refractivity contribution in [1.82, 2.24) is 10.8 Å². The molecule has 0 radical (unpaired) electrons. The van der Waals surface area contributed by atoms with Crippen molar-refractivity contribution in [2.45, 2.75) is 39.0 Å². The number of amides is 2. The van der Waals surface area contributed by atoms with E-state index in [1.54, 1.807) is 12.1 Å². The summed E-state index contributed by atoms with van der Waals surface area (Å²) in [5.74, 6) is 0.423. The van der Waals surface area contributed by atoms with Crippen LogP contribution in [0.5, 0.6) is 0 Å². The highest BCUT2D eigenvalue weighted by Gasteiger charge is 2.34. The lowest BCUT2D eigenvalue weighted by molar-refractivity contribution is -0.119. The summed E-state index contributed by atoms with van der Waals surface area (Å²) in [6, 6.07) is 4.80. The van der Waals surface area contributed by atoms with Crippen LogP contribution in [0.25, 0.3) is 0 Å². The molecule has 2 amide bonds. The average molecular weight is 419 g/mol. The fraction of sp³-hybridized carbons (Fsp3) is 0.550. The molecule has 0 spiro atoms. The molecule has 10 heteroatoms. The van der Waals surface area contributed by atoms with E-state index in [4.69, 9.17) is 9.57 Å². The van der Waals surface area contributed by atoms with Gasteiger partial charge < -0.3 is 19.8 Å². The first-order chi connectivity index (χ1) is 14.4. The van der Waals surface area contributed by atoms with Crippen LogP contribution in [0, 0.1) is 11.7 Å². The zero-order valence-electron chi connectivity index (χ0n) is 17.1. The van der Waals surface area contributed by atoms with E-state index in [1.807, 2.05) is 11.8 Å². The Bertz CT molecular complexity index is 856. The molecule has 2 saturated heterocycles. The topological polar surface area (TPSA) is 95.5 Å². The Hall–Kier alpha value is -2.88. The molecular weight excluding hydrogens is 393 g/mol. The van der Waals surface area contributed by atoms with Crippen molar-refractivity contribution in [3.8, 4) is 0 Å². The molecule has 3 aliphatic heterocycles. The molecule has 0 bridgehead atoms. The molecule has 2 fully saturated rings. The highest BCUT2D eigenvalue weighted by Crippen LogP contribution is 2.31. The van der Waals surface area contributed by atoms with Crippen LogP contribution < -0.4 is 20.6 Å². The molecule has 2 atom stereocenters. The van der Waals surface area contributed by atoms with E-state index in [0.29, 0.717) is 23.2 Å². The zero-order valence-corrected chi connectivity index (χ0v) is 17.1. The van der Waals surface area contributed by atoms with E-state index in [-0.39, 0.29) is 31.0 Å². The fourth-order valence-corrected chi connectivity index (χ4v) is 4.07. The first-order valence-corrected chi connectivity index (χ1v) is 10.1. The number of carbonyl (C=O) groups is 2. The largest absolute Gasteiger partial charge is 0.442 e. The van der Waals surface area contributed by atoms with Gasteiger partial charge >= 0.3 is 6.09 Å². The van der Waals surface area contributed by atoms with Crippen molar-refractivity contribution in [3.63, 3.8) is 0 Å². The van der Waals surface area contributed by atoms with Gasteiger partial charge in [-0.1, -0.05) is 0 Å². The lowest BCUT2D eigenvalue weighted by atomic mass is 9.94. The second kappa shape index (κ2) is 8.47. The summed E-state index contributed by atoms with van der Waals surface area (Å²) in [5, 5.41) is 2.63. The van der Waals surface area contributed by atoms with Gasteiger partial charge in [0, 0.05) is 32.9 Å². The Kier molecular flexibility index (Phi) is 5.76. The number of benzene rings is 1. The number of rotatable bonds is 5. The second-order valence-electron chi connectivity index (χ2n) is 7.83. The lowest BCUT2D eigenvalue weighted by Gasteiger charge is -2.35. The highest BCUT2D eigenvalue weighted by molar-refractivity contribution is 5.90. The molecule has 0 aliphatic carbocycles. The van der Waals surface area contributed by atoms with E-state index in [1.165, 1.54) is 17.9 Å². The van der Waals surface area contributed by atoms with E-state index in [9.17, 15) is 14.0 Å². The van der Waals surface area contributed by atoms with Gasteiger partial charge in [0.05, 0.1) is 24.5 Å². The summed E-state index contributed by atoms with van der Waals surface area (Å²) in [7, 11) is 0. The van der Waals surface area contributed by atoms with Gasteiger partial charge in [-0.3, -0.25) is 9.69 Å². The Morgan fingerprint density at radius 2 is 2.13 bits per heavy atom. The number of nitrogens with one attached hydrogen (secondary N) is 2. The van der Waals surface area contributed by atoms with Crippen LogP contribution in [0.3, 0.4) is 0 Å². The van der Waals surface area contributed by atoms with Crippen LogP contribution in [0.4, 0.5) is 20.6 Å². The van der Waals surface area contributed by atoms with E-state index < -0.39 is 12.2 Å². The van der Waals surface area contributed by atoms with E-state index in [2.05, 4.69) is 15.8 Å². The van der Waals surface area contributed by atoms with Gasteiger partial charge in [0.15, 0.2) is 0 Å². The van der Waals surface area contributed by atoms with Crippen molar-refractivity contribution in [3.05, 3.63) is 24.0 Å². The summed E-state index contributed by atoms with van der Waals surface area (Å²) >= 11 is 0. The molecule has 9 nitrogen and oxygen atoms in total. The normalized spacial score (nSPS) is 24.5. The first-order valence-electron chi connectivity index (χ1n) is 10.1. The number of hydroxylamine groups is 1. The molecule has 1 unspecified atom stereocenters. The molecule has 0 saturated carbocycles. The van der Waals surface area contributed by atoms with Gasteiger partial charge in [0.25, 0.3) is 0 Å². The maximum atomic E-state index is 14.9. The number of piperidine rings is 1. The van der Waals surface area contributed by atoms with Crippen LogP contribution in [0.1, 0.15) is 26.7 Å². The Balaban J connectivity index is 1.37. The number of aliphatic imine (C=N–C) groups is 1. The zero-order chi connectivity index (χ0) is 21.3. The standard InChI is InChI=1S/C20H26FN5O4/c1-12(27)22-10-16-11-26(20(28)29-16)15-3-4-18(17(21)9-15)25-7-5-14(6-8-25)19-23-13(2)30-24-19/h3-4,9,14,16,19,24H,5-8,10-11H2,1-2H3,(H,22,27)/t16-,19?/m0/s1. The molecule has 4 rings (SSSR count). The summed E-state index contributed by atoms with van der Waals surface area (Å²) in [6.07, 6.45) is 0.721. The van der Waals surface area contributed by atoms with Crippen LogP contribution in [0.2, 0.25) is 0 Å². The van der Waals surface area contributed by atoms with Gasteiger partial charge in [0.1, 0.15) is 18.1 Å². The number of hydrogen-bond donors (Lipinski definition) is 2. The van der Waals surface area contributed by atoms with Crippen molar-refractivity contribution < 1.29 is 23.6 Å². The highest BCUT2D eigenvalue weighted by atomic mass is 19.1. The molecule has 3 heterocycles. The number of anilines is 2. The minimum Gasteiger partial charge on any atom is -0.442 e. The smallest absolute Gasteiger partial charge is 0.414 e. The van der Waals surface area contributed by atoms with Gasteiger partial charge in [-0.2, -0.15) is 0 Å². The van der Waals surface area contributed by atoms with Crippen molar-refractivity contribution in [1.29, 1.82) is 0 Å². The quantitative estimate of drug-likeness (QED) is 0.756. The van der Waals surface area contributed by atoms with Gasteiger partial charge in [-0.15, -0.1) is 5.48 Å². The monoisotopic (exact) mass is 419 g/mol. The Morgan fingerprint density at radius 3 is 2.77 bits per heavy atom. The molecule has 1 aromatic carbocycles. The van der Waals surface area contributed by atoms with Crippen LogP contribution in [-0.4, -0.2) is 56.3 Å². The first kappa shape index (κ1) is 20.4. The second-order valence-corrected chi connectivity index (χ2v) is 7.83. The number of carbonyl (C=O) groups excluding carboxylic acids is 2. The summed E-state index contributed by atoms with van der Waals surface area (Å²) < 4.78 is 20.1. The summed E-state index contributed by atoms with van der Waals surface area (Å²) in [5.41, 5.74) is 3.90. The maximum Gasteiger partial charge on any atom is 0.414 e. The minimum atomic E-state index is -0.541. The van der Waals surface area contributed by atoms with Gasteiger partial charge in [-0.25, -0.2) is 14.2 Å². The number of nitrogens with zero attached hydrogens (tertiary/aromatic N) is 3. The molecular formula is C20H26FN5O4. The Labute approximate surface area is 174 Å². The summed E-state index contributed by atoms with van der Waals surface area (Å²) in [4.78, 5) is 36.2. The average Bonchev–Trinajstić information content (AvgIpc) is 3.32. The number of cyclic esters (lactones) is 1. The Morgan fingerprint density at radius 1 is 1.37 bits per heavy atom. The third-order valence-electron chi connectivity index (χ3n) is 5.67. The third kappa shape index (κ3) is 4.33. The van der Waals surface area contributed by atoms with E-state index in [0.717, 1.165) is 25.9 Å². The third-order valence-corrected chi connectivity index (χ3v) is 5.67. The maximum absolute atomic E-state index is 14.9. The van der Waals surface area contributed by atoms with Crippen LogP contribution >= 0.6 is 0 Å². The summed E-state index contributed by atoms with van der Waals surface area (Å²) in [6.45, 7) is 5.16. The van der Waals surface area contributed by atoms with E-state index >= 15 is 0 Å². The number of halogens is 1. The lowest BCUT2D eigenvalue weighted by Crippen LogP contribution is -2.41. The van der Waals surface area contributed by atoms with Gasteiger partial charge in [0.2, 0.25) is 11.8 Å². The van der Waals surface area contributed by atoms with Crippen molar-refractivity contribution in [2.75, 3.05) is 36.0 Å². The predicted octanol–water partition coefficient (Wildman–Crippen LogP) is 1.78. The molecule has 0 aromatic heterocycles. The molecule has 2 N–H and O–H groups in total. The van der Waals surface area contributed by atoms with Gasteiger partial charge in [-0.05, 0) is 31.0 Å². The SMILES string of the molecule is CC(=O)NC[C@H]1CN(c2ccc(N3CCC(C4N=C(C)ON4)CC3)c(F)c2)C(=O)O1. The minimum absolute atomic E-state index is 0.0361. The predicted molar refractivity (Wildman–Crippen MR) is 109 cm³/mol. The number of hydrogen-bond acceptors (Lipinski definition) is 7. The molecule has 3 aliphatic rings. The van der Waals surface area contributed by atoms with Crippen LogP contribution in [-0.2, 0) is 14.4 Å². The van der Waals surface area contributed by atoms with Crippen molar-refractivity contribution >= 4 is 29.3 Å². The number of ether oxygens (including phenoxy) is 1. The van der Waals surface area contributed by atoms with Crippen LogP contribution in [0.15, 0.2) is 23.2 Å². The molecule has 1 aromatic rings. The fourth-order valence-electron chi connectivity index (χ4n) is 4.07. The molecule has 30 heavy (non-hydrogen) atoms.